The number of carboxylic acid groups (broad SMARTS) is 1. The number of benzene rings is 1. The van der Waals surface area contributed by atoms with Gasteiger partial charge in [0.2, 0.25) is 11.8 Å². The molecule has 3 rings (SSSR count). The lowest BCUT2D eigenvalue weighted by Crippen LogP contribution is -2.60. The van der Waals surface area contributed by atoms with Crippen LogP contribution in [0.15, 0.2) is 30.3 Å². The Hall–Kier alpha value is -2.37. The molecule has 0 aromatic heterocycles. The lowest BCUT2D eigenvalue weighted by atomic mass is 9.83. The van der Waals surface area contributed by atoms with Crippen molar-refractivity contribution in [2.45, 2.75) is 44.6 Å². The number of piperazine rings is 1. The highest BCUT2D eigenvalue weighted by Crippen LogP contribution is 2.30. The van der Waals surface area contributed by atoms with Gasteiger partial charge < -0.3 is 14.9 Å². The summed E-state index contributed by atoms with van der Waals surface area (Å²) in [4.78, 5) is 39.9. The van der Waals surface area contributed by atoms with Crippen LogP contribution in [0.4, 0.5) is 0 Å². The molecule has 1 atom stereocenters. The Morgan fingerprint density at radius 3 is 2.46 bits per heavy atom. The molecule has 26 heavy (non-hydrogen) atoms. The second-order valence-corrected chi connectivity index (χ2v) is 7.19. The SMILES string of the molecule is O=C(O)CC1C(=O)N(CCCc2ccccc2)CCN1C(=O)C1CCC1. The van der Waals surface area contributed by atoms with Crippen LogP contribution < -0.4 is 0 Å². The van der Waals surface area contributed by atoms with Gasteiger partial charge in [0.15, 0.2) is 0 Å². The number of hydrogen-bond acceptors (Lipinski definition) is 3. The molecular formula is C20H26N2O4. The predicted octanol–water partition coefficient (Wildman–Crippen LogP) is 1.93. The van der Waals surface area contributed by atoms with E-state index in [1.165, 1.54) is 10.5 Å². The van der Waals surface area contributed by atoms with Crippen molar-refractivity contribution in [1.29, 1.82) is 0 Å². The number of aliphatic carboxylic acids is 1. The number of carboxylic acids is 1. The zero-order chi connectivity index (χ0) is 18.5. The van der Waals surface area contributed by atoms with E-state index >= 15 is 0 Å². The first kappa shape index (κ1) is 18.4. The van der Waals surface area contributed by atoms with Gasteiger partial charge >= 0.3 is 5.97 Å². The van der Waals surface area contributed by atoms with E-state index in [1.807, 2.05) is 18.2 Å². The van der Waals surface area contributed by atoms with Gasteiger partial charge in [-0.25, -0.2) is 0 Å². The number of aryl methyl sites for hydroxylation is 1. The summed E-state index contributed by atoms with van der Waals surface area (Å²) in [5, 5.41) is 9.20. The smallest absolute Gasteiger partial charge is 0.305 e. The van der Waals surface area contributed by atoms with Gasteiger partial charge in [-0.3, -0.25) is 14.4 Å². The summed E-state index contributed by atoms with van der Waals surface area (Å²) in [7, 11) is 0. The van der Waals surface area contributed by atoms with Crippen LogP contribution in [0.3, 0.4) is 0 Å². The number of carbonyl (C=O) groups is 3. The van der Waals surface area contributed by atoms with Crippen LogP contribution in [0.2, 0.25) is 0 Å². The standard InChI is InChI=1S/C20H26N2O4/c23-18(24)14-17-20(26)21(11-5-8-15-6-2-1-3-7-15)12-13-22(17)19(25)16-9-4-10-16/h1-3,6-7,16-17H,4-5,8-14H2,(H,23,24). The van der Waals surface area contributed by atoms with Crippen molar-refractivity contribution in [3.63, 3.8) is 0 Å². The van der Waals surface area contributed by atoms with Gasteiger partial charge in [-0.2, -0.15) is 0 Å². The van der Waals surface area contributed by atoms with E-state index < -0.39 is 12.0 Å². The number of nitrogens with zero attached hydrogens (tertiary/aromatic N) is 2. The first-order valence-corrected chi connectivity index (χ1v) is 9.41. The zero-order valence-electron chi connectivity index (χ0n) is 15.0. The number of carbonyl (C=O) groups excluding carboxylic acids is 2. The van der Waals surface area contributed by atoms with Crippen LogP contribution in [0, 0.1) is 5.92 Å². The number of hydrogen-bond donors (Lipinski definition) is 1. The molecule has 2 amide bonds. The summed E-state index contributed by atoms with van der Waals surface area (Å²) in [5.41, 5.74) is 1.22. The molecule has 1 aromatic rings. The summed E-state index contributed by atoms with van der Waals surface area (Å²) in [6.07, 6.45) is 4.12. The van der Waals surface area contributed by atoms with Crippen LogP contribution >= 0.6 is 0 Å². The molecule has 1 aliphatic heterocycles. The molecule has 0 radical (unpaired) electrons. The zero-order valence-corrected chi connectivity index (χ0v) is 15.0. The van der Waals surface area contributed by atoms with Crippen molar-refractivity contribution < 1.29 is 19.5 Å². The second-order valence-electron chi connectivity index (χ2n) is 7.19. The third-order valence-corrected chi connectivity index (χ3v) is 5.43. The maximum absolute atomic E-state index is 12.8. The number of amides is 2. The van der Waals surface area contributed by atoms with Crippen molar-refractivity contribution >= 4 is 17.8 Å². The minimum Gasteiger partial charge on any atom is -0.481 e. The van der Waals surface area contributed by atoms with E-state index in [0.29, 0.717) is 19.6 Å². The van der Waals surface area contributed by atoms with Crippen LogP contribution in [-0.4, -0.2) is 58.4 Å². The Labute approximate surface area is 153 Å². The molecule has 1 saturated heterocycles. The molecule has 0 spiro atoms. The van der Waals surface area contributed by atoms with Gasteiger partial charge in [-0.15, -0.1) is 0 Å². The van der Waals surface area contributed by atoms with Crippen molar-refractivity contribution in [3.05, 3.63) is 35.9 Å². The van der Waals surface area contributed by atoms with E-state index in [2.05, 4.69) is 12.1 Å². The van der Waals surface area contributed by atoms with Crippen LogP contribution in [0.1, 0.15) is 37.7 Å². The van der Waals surface area contributed by atoms with Crippen LogP contribution in [0.5, 0.6) is 0 Å². The highest BCUT2D eigenvalue weighted by atomic mass is 16.4. The van der Waals surface area contributed by atoms with Crippen molar-refractivity contribution in [1.82, 2.24) is 9.80 Å². The monoisotopic (exact) mass is 358 g/mol. The van der Waals surface area contributed by atoms with E-state index in [9.17, 15) is 19.5 Å². The van der Waals surface area contributed by atoms with E-state index in [-0.39, 0.29) is 24.2 Å². The second kappa shape index (κ2) is 8.34. The molecule has 6 nitrogen and oxygen atoms in total. The molecule has 2 aliphatic rings. The fourth-order valence-electron chi connectivity index (χ4n) is 3.70. The average molecular weight is 358 g/mol. The molecule has 1 unspecified atom stereocenters. The van der Waals surface area contributed by atoms with Gasteiger partial charge in [0.25, 0.3) is 0 Å². The summed E-state index contributed by atoms with van der Waals surface area (Å²) in [6, 6.07) is 9.23. The van der Waals surface area contributed by atoms with Crippen LogP contribution in [-0.2, 0) is 20.8 Å². The summed E-state index contributed by atoms with van der Waals surface area (Å²) < 4.78 is 0. The molecule has 1 aromatic carbocycles. The molecular weight excluding hydrogens is 332 g/mol. The van der Waals surface area contributed by atoms with Crippen molar-refractivity contribution in [2.75, 3.05) is 19.6 Å². The van der Waals surface area contributed by atoms with Crippen molar-refractivity contribution in [2.24, 2.45) is 5.92 Å². The maximum Gasteiger partial charge on any atom is 0.305 e. The van der Waals surface area contributed by atoms with Crippen LogP contribution in [0.25, 0.3) is 0 Å². The third-order valence-electron chi connectivity index (χ3n) is 5.43. The summed E-state index contributed by atoms with van der Waals surface area (Å²) in [6.45, 7) is 1.52. The van der Waals surface area contributed by atoms with Gasteiger partial charge in [-0.05, 0) is 31.2 Å². The van der Waals surface area contributed by atoms with E-state index in [4.69, 9.17) is 0 Å². The Balaban J connectivity index is 1.60. The van der Waals surface area contributed by atoms with Gasteiger partial charge in [0.1, 0.15) is 6.04 Å². The van der Waals surface area contributed by atoms with Gasteiger partial charge in [-0.1, -0.05) is 36.8 Å². The molecule has 1 saturated carbocycles. The first-order chi connectivity index (χ1) is 12.6. The summed E-state index contributed by atoms with van der Waals surface area (Å²) in [5.74, 6) is -1.33. The lowest BCUT2D eigenvalue weighted by molar-refractivity contribution is -0.158. The molecule has 0 bridgehead atoms. The lowest BCUT2D eigenvalue weighted by Gasteiger charge is -2.42. The van der Waals surface area contributed by atoms with Gasteiger partial charge in [0, 0.05) is 25.6 Å². The Kier molecular flexibility index (Phi) is 5.91. The van der Waals surface area contributed by atoms with Gasteiger partial charge in [0.05, 0.1) is 6.42 Å². The molecule has 6 heteroatoms. The fraction of sp³-hybridized carbons (Fsp3) is 0.550. The molecule has 140 valence electrons. The number of rotatable bonds is 7. The minimum absolute atomic E-state index is 0.0243. The Bertz CT molecular complexity index is 657. The Morgan fingerprint density at radius 2 is 1.85 bits per heavy atom. The molecule has 2 fully saturated rings. The topological polar surface area (TPSA) is 77.9 Å². The largest absolute Gasteiger partial charge is 0.481 e. The molecule has 1 heterocycles. The van der Waals surface area contributed by atoms with Crippen molar-refractivity contribution in [3.8, 4) is 0 Å². The summed E-state index contributed by atoms with van der Waals surface area (Å²) >= 11 is 0. The average Bonchev–Trinajstić information content (AvgIpc) is 2.57. The third kappa shape index (κ3) is 4.23. The predicted molar refractivity (Wildman–Crippen MR) is 96.4 cm³/mol. The Morgan fingerprint density at radius 1 is 1.12 bits per heavy atom. The quantitative estimate of drug-likeness (QED) is 0.808. The highest BCUT2D eigenvalue weighted by molar-refractivity contribution is 5.92. The molecule has 1 aliphatic carbocycles. The van der Waals surface area contributed by atoms with E-state index in [0.717, 1.165) is 32.1 Å². The maximum atomic E-state index is 12.8. The normalized spacial score (nSPS) is 20.8. The minimum atomic E-state index is -1.04. The first-order valence-electron chi connectivity index (χ1n) is 9.41. The van der Waals surface area contributed by atoms with E-state index in [1.54, 1.807) is 4.90 Å². The molecule has 1 N–H and O–H groups in total. The highest BCUT2D eigenvalue weighted by Gasteiger charge is 2.41. The fourth-order valence-corrected chi connectivity index (χ4v) is 3.70.